The standard InChI is InChI=1S/C12H14F2O4S/c1-3-7(2)6-19(17,18)10-5-8(12(15)16)4-9(13)11(10)14/h4-5,7H,3,6H2,1-2H3,(H,15,16). The quantitative estimate of drug-likeness (QED) is 0.905. The van der Waals surface area contributed by atoms with Gasteiger partial charge in [-0.05, 0) is 18.1 Å². The van der Waals surface area contributed by atoms with E-state index in [4.69, 9.17) is 5.11 Å². The molecule has 0 amide bonds. The highest BCUT2D eigenvalue weighted by Gasteiger charge is 2.26. The van der Waals surface area contributed by atoms with Crippen molar-refractivity contribution in [1.29, 1.82) is 0 Å². The minimum Gasteiger partial charge on any atom is -0.478 e. The topological polar surface area (TPSA) is 71.4 Å². The lowest BCUT2D eigenvalue weighted by Crippen LogP contribution is -2.16. The number of benzene rings is 1. The van der Waals surface area contributed by atoms with Crippen LogP contribution in [0.4, 0.5) is 8.78 Å². The van der Waals surface area contributed by atoms with E-state index in [9.17, 15) is 22.0 Å². The summed E-state index contributed by atoms with van der Waals surface area (Å²) in [4.78, 5) is 9.84. The molecule has 0 bridgehead atoms. The molecule has 1 aromatic carbocycles. The fraction of sp³-hybridized carbons (Fsp3) is 0.417. The zero-order valence-electron chi connectivity index (χ0n) is 10.5. The molecule has 1 aromatic rings. The summed E-state index contributed by atoms with van der Waals surface area (Å²) in [5, 5.41) is 8.73. The van der Waals surface area contributed by atoms with Crippen molar-refractivity contribution in [3.8, 4) is 0 Å². The Kier molecular flexibility index (Phi) is 4.62. The van der Waals surface area contributed by atoms with Crippen LogP contribution >= 0.6 is 0 Å². The van der Waals surface area contributed by atoms with Gasteiger partial charge < -0.3 is 5.11 Å². The second-order valence-electron chi connectivity index (χ2n) is 4.37. The minimum absolute atomic E-state index is 0.235. The largest absolute Gasteiger partial charge is 0.478 e. The fourth-order valence-corrected chi connectivity index (χ4v) is 3.34. The van der Waals surface area contributed by atoms with Gasteiger partial charge in [-0.15, -0.1) is 0 Å². The van der Waals surface area contributed by atoms with Crippen molar-refractivity contribution in [2.45, 2.75) is 25.2 Å². The van der Waals surface area contributed by atoms with E-state index in [0.29, 0.717) is 18.6 Å². The van der Waals surface area contributed by atoms with Crippen molar-refractivity contribution < 1.29 is 27.1 Å². The number of halogens is 2. The number of aromatic carboxylic acids is 1. The summed E-state index contributed by atoms with van der Waals surface area (Å²) >= 11 is 0. The number of carbonyl (C=O) groups is 1. The predicted octanol–water partition coefficient (Wildman–Crippen LogP) is 2.48. The van der Waals surface area contributed by atoms with E-state index in [0.717, 1.165) is 0 Å². The minimum atomic E-state index is -4.06. The van der Waals surface area contributed by atoms with Gasteiger partial charge in [-0.25, -0.2) is 22.0 Å². The molecule has 1 unspecified atom stereocenters. The summed E-state index contributed by atoms with van der Waals surface area (Å²) in [7, 11) is -4.06. The SMILES string of the molecule is CCC(C)CS(=O)(=O)c1cc(C(=O)O)cc(F)c1F. The lowest BCUT2D eigenvalue weighted by Gasteiger charge is -2.11. The molecule has 1 N–H and O–H groups in total. The van der Waals surface area contributed by atoms with Crippen molar-refractivity contribution in [1.82, 2.24) is 0 Å². The molecule has 0 aliphatic carbocycles. The average molecular weight is 292 g/mol. The first-order valence-corrected chi connectivity index (χ1v) is 7.29. The maximum Gasteiger partial charge on any atom is 0.335 e. The Morgan fingerprint density at radius 2 is 1.95 bits per heavy atom. The molecular formula is C12H14F2O4S. The molecule has 1 rings (SSSR count). The number of hydrogen-bond donors (Lipinski definition) is 1. The van der Waals surface area contributed by atoms with E-state index in [1.54, 1.807) is 13.8 Å². The maximum absolute atomic E-state index is 13.5. The van der Waals surface area contributed by atoms with Gasteiger partial charge >= 0.3 is 5.97 Å². The van der Waals surface area contributed by atoms with Gasteiger partial charge in [-0.1, -0.05) is 20.3 Å². The second-order valence-corrected chi connectivity index (χ2v) is 6.37. The first-order valence-electron chi connectivity index (χ1n) is 5.64. The van der Waals surface area contributed by atoms with Crippen molar-refractivity contribution >= 4 is 15.8 Å². The Morgan fingerprint density at radius 3 is 2.42 bits per heavy atom. The highest BCUT2D eigenvalue weighted by molar-refractivity contribution is 7.91. The Hall–Kier alpha value is -1.50. The maximum atomic E-state index is 13.5. The van der Waals surface area contributed by atoms with Crippen molar-refractivity contribution in [2.75, 3.05) is 5.75 Å². The number of rotatable bonds is 5. The van der Waals surface area contributed by atoms with Gasteiger partial charge in [0, 0.05) is 0 Å². The third-order valence-electron chi connectivity index (χ3n) is 2.78. The molecular weight excluding hydrogens is 278 g/mol. The van der Waals surface area contributed by atoms with Crippen LogP contribution in [0.15, 0.2) is 17.0 Å². The summed E-state index contributed by atoms with van der Waals surface area (Å²) in [5.41, 5.74) is -0.596. The van der Waals surface area contributed by atoms with Crippen LogP contribution in [0.25, 0.3) is 0 Å². The van der Waals surface area contributed by atoms with Gasteiger partial charge in [0.25, 0.3) is 0 Å². The number of carboxylic acids is 1. The lowest BCUT2D eigenvalue weighted by molar-refractivity contribution is 0.0696. The average Bonchev–Trinajstić information content (AvgIpc) is 2.31. The summed E-state index contributed by atoms with van der Waals surface area (Å²) < 4.78 is 50.7. The third-order valence-corrected chi connectivity index (χ3v) is 4.75. The van der Waals surface area contributed by atoms with Gasteiger partial charge in [0.05, 0.1) is 11.3 Å². The highest BCUT2D eigenvalue weighted by atomic mass is 32.2. The number of carboxylic acid groups (broad SMARTS) is 1. The molecule has 0 heterocycles. The molecule has 1 atom stereocenters. The molecule has 0 radical (unpaired) electrons. The molecule has 0 fully saturated rings. The lowest BCUT2D eigenvalue weighted by atomic mass is 10.2. The molecule has 0 aliphatic heterocycles. The van der Waals surface area contributed by atoms with Crippen LogP contribution in [0, 0.1) is 17.6 Å². The van der Waals surface area contributed by atoms with E-state index in [2.05, 4.69) is 0 Å². The molecule has 0 saturated heterocycles. The summed E-state index contributed by atoms with van der Waals surface area (Å²) in [5.74, 6) is -5.13. The van der Waals surface area contributed by atoms with Gasteiger partial charge in [-0.3, -0.25) is 0 Å². The van der Waals surface area contributed by atoms with Crippen molar-refractivity contribution in [3.63, 3.8) is 0 Å². The molecule has 7 heteroatoms. The summed E-state index contributed by atoms with van der Waals surface area (Å²) in [6.45, 7) is 3.43. The Labute approximate surface area is 110 Å². The van der Waals surface area contributed by atoms with Crippen LogP contribution in [-0.2, 0) is 9.84 Å². The fourth-order valence-electron chi connectivity index (χ4n) is 1.50. The molecule has 106 valence electrons. The molecule has 0 saturated carbocycles. The van der Waals surface area contributed by atoms with Gasteiger partial charge in [0.2, 0.25) is 0 Å². The molecule has 0 aromatic heterocycles. The van der Waals surface area contributed by atoms with Crippen molar-refractivity contribution in [2.24, 2.45) is 5.92 Å². The van der Waals surface area contributed by atoms with Gasteiger partial charge in [0.1, 0.15) is 4.90 Å². The zero-order chi connectivity index (χ0) is 14.8. The van der Waals surface area contributed by atoms with Crippen LogP contribution in [0.2, 0.25) is 0 Å². The Morgan fingerprint density at radius 1 is 1.37 bits per heavy atom. The van der Waals surface area contributed by atoms with E-state index < -0.39 is 37.9 Å². The smallest absolute Gasteiger partial charge is 0.335 e. The van der Waals surface area contributed by atoms with Crippen molar-refractivity contribution in [3.05, 3.63) is 29.3 Å². The first-order chi connectivity index (χ1) is 8.69. The monoisotopic (exact) mass is 292 g/mol. The van der Waals surface area contributed by atoms with Gasteiger partial charge in [0.15, 0.2) is 21.5 Å². The molecule has 4 nitrogen and oxygen atoms in total. The normalized spacial score (nSPS) is 13.3. The van der Waals surface area contributed by atoms with Crippen LogP contribution in [0.3, 0.4) is 0 Å². The Bertz CT molecular complexity index is 596. The van der Waals surface area contributed by atoms with Crippen LogP contribution in [0.5, 0.6) is 0 Å². The van der Waals surface area contributed by atoms with Gasteiger partial charge in [-0.2, -0.15) is 0 Å². The second kappa shape index (κ2) is 5.64. The first kappa shape index (κ1) is 15.6. The summed E-state index contributed by atoms with van der Waals surface area (Å²) in [6, 6.07) is 1.11. The van der Waals surface area contributed by atoms with E-state index >= 15 is 0 Å². The number of hydrogen-bond acceptors (Lipinski definition) is 3. The highest BCUT2D eigenvalue weighted by Crippen LogP contribution is 2.23. The van der Waals surface area contributed by atoms with Crippen LogP contribution < -0.4 is 0 Å². The zero-order valence-corrected chi connectivity index (χ0v) is 11.3. The molecule has 0 spiro atoms. The van der Waals surface area contributed by atoms with E-state index in [1.807, 2.05) is 0 Å². The molecule has 0 aliphatic rings. The third kappa shape index (κ3) is 3.50. The Balaban J connectivity index is 3.37. The van der Waals surface area contributed by atoms with E-state index in [1.165, 1.54) is 0 Å². The van der Waals surface area contributed by atoms with E-state index in [-0.39, 0.29) is 11.7 Å². The summed E-state index contributed by atoms with van der Waals surface area (Å²) in [6.07, 6.45) is 0.557. The molecule has 19 heavy (non-hydrogen) atoms. The van der Waals surface area contributed by atoms with Crippen LogP contribution in [0.1, 0.15) is 30.6 Å². The predicted molar refractivity (Wildman–Crippen MR) is 64.8 cm³/mol. The van der Waals surface area contributed by atoms with Crippen LogP contribution in [-0.4, -0.2) is 25.2 Å². The number of sulfone groups is 1.